The van der Waals surface area contributed by atoms with Crippen molar-refractivity contribution in [3.63, 3.8) is 0 Å². The Bertz CT molecular complexity index is 1250. The van der Waals surface area contributed by atoms with Crippen molar-refractivity contribution in [1.29, 1.82) is 0 Å². The highest BCUT2D eigenvalue weighted by atomic mass is 16.4. The predicted molar refractivity (Wildman–Crippen MR) is 133 cm³/mol. The summed E-state index contributed by atoms with van der Waals surface area (Å²) in [5, 5.41) is 1.94. The van der Waals surface area contributed by atoms with Gasteiger partial charge in [-0.15, -0.1) is 0 Å². The molecule has 0 radical (unpaired) electrons. The third-order valence-corrected chi connectivity index (χ3v) is 6.33. The number of amides is 1. The van der Waals surface area contributed by atoms with Crippen LogP contribution in [0.4, 0.5) is 11.7 Å². The Balaban J connectivity index is 1.23. The summed E-state index contributed by atoms with van der Waals surface area (Å²) >= 11 is 0. The first-order valence-electron chi connectivity index (χ1n) is 11.7. The zero-order chi connectivity index (χ0) is 24.0. The molecule has 1 N–H and O–H groups in total. The molecule has 1 amide bonds. The van der Waals surface area contributed by atoms with Gasteiger partial charge in [0.25, 0.3) is 11.9 Å². The normalized spacial score (nSPS) is 18.9. The van der Waals surface area contributed by atoms with E-state index in [4.69, 9.17) is 4.42 Å². The largest absolute Gasteiger partial charge is 0.422 e. The van der Waals surface area contributed by atoms with Gasteiger partial charge in [-0.25, -0.2) is 10.4 Å². The van der Waals surface area contributed by atoms with E-state index in [9.17, 15) is 4.79 Å². The van der Waals surface area contributed by atoms with Crippen LogP contribution >= 0.6 is 0 Å². The summed E-state index contributed by atoms with van der Waals surface area (Å²) in [5.74, 6) is 0.0415. The van der Waals surface area contributed by atoms with Gasteiger partial charge in [0.15, 0.2) is 5.58 Å². The fourth-order valence-corrected chi connectivity index (χ4v) is 4.26. The maximum Gasteiger partial charge on any atom is 0.300 e. The van der Waals surface area contributed by atoms with Crippen molar-refractivity contribution >= 4 is 35.2 Å². The Morgan fingerprint density at radius 2 is 1.82 bits per heavy atom. The van der Waals surface area contributed by atoms with Crippen LogP contribution in [0, 0.1) is 19.3 Å². The van der Waals surface area contributed by atoms with Crippen molar-refractivity contribution in [3.05, 3.63) is 47.2 Å². The molecule has 1 saturated heterocycles. The van der Waals surface area contributed by atoms with E-state index in [0.717, 1.165) is 16.9 Å². The number of aryl methyl sites for hydroxylation is 2. The van der Waals surface area contributed by atoms with Crippen LogP contribution in [-0.4, -0.2) is 59.5 Å². The van der Waals surface area contributed by atoms with Crippen LogP contribution in [0.25, 0.3) is 11.2 Å². The van der Waals surface area contributed by atoms with Crippen LogP contribution in [0.3, 0.4) is 0 Å². The minimum absolute atomic E-state index is 0.0184. The first-order valence-corrected chi connectivity index (χ1v) is 11.7. The van der Waals surface area contributed by atoms with Gasteiger partial charge in [0.05, 0.1) is 5.69 Å². The Kier molecular flexibility index (Phi) is 5.51. The average Bonchev–Trinajstić information content (AvgIpc) is 3.46. The molecule has 1 unspecified atom stereocenters. The summed E-state index contributed by atoms with van der Waals surface area (Å²) in [6, 6.07) is 10.2. The topological polar surface area (TPSA) is 90.1 Å². The number of hydrogen-bond acceptors (Lipinski definition) is 8. The van der Waals surface area contributed by atoms with Gasteiger partial charge in [0.2, 0.25) is 5.65 Å². The highest BCUT2D eigenvalue weighted by molar-refractivity contribution is 5.95. The first kappa shape index (κ1) is 22.3. The molecule has 5 rings (SSSR count). The predicted octanol–water partition coefficient (Wildman–Crippen LogP) is 3.53. The third kappa shape index (κ3) is 4.23. The molecule has 0 aliphatic carbocycles. The quantitative estimate of drug-likeness (QED) is 0.638. The summed E-state index contributed by atoms with van der Waals surface area (Å²) < 4.78 is 5.88. The molecule has 2 aromatic heterocycles. The van der Waals surface area contributed by atoms with Gasteiger partial charge in [0, 0.05) is 37.4 Å². The number of nitrogens with zero attached hydrogens (tertiary/aromatic N) is 6. The molecule has 1 atom stereocenters. The standard InChI is InChI=1S/C25H31N7O2/c1-16-14-18(7-8-19(16)32-15-26-23(29-32)25(3,4)5)22(33)30-10-12-31(13-11-30)24-28-21-20(34-24)9-6-17(2)27-21/h6-9,14-15,23,29H,10-13H2,1-5H3. The highest BCUT2D eigenvalue weighted by Crippen LogP contribution is 2.28. The Hall–Kier alpha value is -3.46. The molecule has 0 spiro atoms. The SMILES string of the molecule is Cc1ccc2oc(N3CCN(C(=O)c4ccc(N5C=NC(C(C)(C)C)N5)c(C)c4)CC3)nc2n1. The molecule has 0 saturated carbocycles. The molecule has 3 aromatic rings. The minimum Gasteiger partial charge on any atom is -0.422 e. The number of oxazole rings is 1. The summed E-state index contributed by atoms with van der Waals surface area (Å²) in [6.45, 7) is 13.0. The number of anilines is 2. The van der Waals surface area contributed by atoms with Crippen LogP contribution < -0.4 is 15.3 Å². The van der Waals surface area contributed by atoms with Crippen LogP contribution in [-0.2, 0) is 0 Å². The van der Waals surface area contributed by atoms with Crippen molar-refractivity contribution in [2.24, 2.45) is 10.4 Å². The lowest BCUT2D eigenvalue weighted by atomic mass is 9.93. The monoisotopic (exact) mass is 461 g/mol. The summed E-state index contributed by atoms with van der Waals surface area (Å²) in [7, 11) is 0. The van der Waals surface area contributed by atoms with E-state index in [1.165, 1.54) is 0 Å². The van der Waals surface area contributed by atoms with E-state index >= 15 is 0 Å². The lowest BCUT2D eigenvalue weighted by Gasteiger charge is -2.34. The Labute approximate surface area is 199 Å². The molecule has 0 bridgehead atoms. The number of fused-ring (bicyclic) bond motifs is 1. The van der Waals surface area contributed by atoms with Crippen molar-refractivity contribution in [1.82, 2.24) is 20.3 Å². The van der Waals surface area contributed by atoms with E-state index in [1.807, 2.05) is 60.4 Å². The summed E-state index contributed by atoms with van der Waals surface area (Å²) in [4.78, 5) is 30.7. The fourth-order valence-electron chi connectivity index (χ4n) is 4.26. The molecule has 34 heavy (non-hydrogen) atoms. The van der Waals surface area contributed by atoms with Crippen molar-refractivity contribution in [3.8, 4) is 0 Å². The molecule has 2 aliphatic rings. The van der Waals surface area contributed by atoms with Gasteiger partial charge in [0.1, 0.15) is 12.5 Å². The van der Waals surface area contributed by atoms with E-state index in [2.05, 4.69) is 46.1 Å². The molecule has 9 nitrogen and oxygen atoms in total. The third-order valence-electron chi connectivity index (χ3n) is 6.33. The molecule has 1 aromatic carbocycles. The molecule has 9 heteroatoms. The van der Waals surface area contributed by atoms with Crippen molar-refractivity contribution in [2.75, 3.05) is 36.1 Å². The molecular formula is C25H31N7O2. The number of hydrogen-bond donors (Lipinski definition) is 1. The number of carbonyl (C=O) groups excluding carboxylic acids is 1. The number of pyridine rings is 1. The van der Waals surface area contributed by atoms with Gasteiger partial charge in [-0.05, 0) is 55.2 Å². The highest BCUT2D eigenvalue weighted by Gasteiger charge is 2.30. The minimum atomic E-state index is 0.0184. The van der Waals surface area contributed by atoms with Crippen molar-refractivity contribution < 1.29 is 9.21 Å². The number of rotatable bonds is 3. The number of carbonyl (C=O) groups is 1. The maximum atomic E-state index is 13.2. The molecular weight excluding hydrogens is 430 g/mol. The number of piperazine rings is 1. The second-order valence-corrected chi connectivity index (χ2v) is 10.1. The molecule has 1 fully saturated rings. The second-order valence-electron chi connectivity index (χ2n) is 10.1. The van der Waals surface area contributed by atoms with Gasteiger partial charge < -0.3 is 14.2 Å². The van der Waals surface area contributed by atoms with Crippen LogP contribution in [0.5, 0.6) is 0 Å². The van der Waals surface area contributed by atoms with Crippen LogP contribution in [0.15, 0.2) is 39.7 Å². The zero-order valence-corrected chi connectivity index (χ0v) is 20.4. The summed E-state index contributed by atoms with van der Waals surface area (Å²) in [5.41, 5.74) is 8.36. The number of aromatic nitrogens is 2. The zero-order valence-electron chi connectivity index (χ0n) is 20.4. The number of aliphatic imine (C=N–C) groups is 1. The van der Waals surface area contributed by atoms with E-state index < -0.39 is 0 Å². The number of benzene rings is 1. The fraction of sp³-hybridized carbons (Fsp3) is 0.440. The summed E-state index contributed by atoms with van der Waals surface area (Å²) in [6.07, 6.45) is 1.84. The van der Waals surface area contributed by atoms with E-state index in [0.29, 0.717) is 49.0 Å². The number of nitrogens with one attached hydrogen (secondary N) is 1. The van der Waals surface area contributed by atoms with Crippen molar-refractivity contribution in [2.45, 2.75) is 40.8 Å². The molecule has 178 valence electrons. The van der Waals surface area contributed by atoms with Crippen LogP contribution in [0.1, 0.15) is 42.4 Å². The number of hydrazine groups is 1. The molecule has 2 aliphatic heterocycles. The first-order chi connectivity index (χ1) is 16.2. The van der Waals surface area contributed by atoms with Gasteiger partial charge >= 0.3 is 0 Å². The molecule has 4 heterocycles. The van der Waals surface area contributed by atoms with Gasteiger partial charge in [-0.2, -0.15) is 4.98 Å². The second kappa shape index (κ2) is 8.39. The maximum absolute atomic E-state index is 13.2. The van der Waals surface area contributed by atoms with Gasteiger partial charge in [-0.1, -0.05) is 20.8 Å². The Morgan fingerprint density at radius 1 is 1.06 bits per heavy atom. The van der Waals surface area contributed by atoms with E-state index in [1.54, 1.807) is 0 Å². The lowest BCUT2D eigenvalue weighted by Crippen LogP contribution is -2.49. The van der Waals surface area contributed by atoms with Gasteiger partial charge in [-0.3, -0.25) is 14.8 Å². The smallest absolute Gasteiger partial charge is 0.300 e. The van der Waals surface area contributed by atoms with Crippen LogP contribution in [0.2, 0.25) is 0 Å². The average molecular weight is 462 g/mol. The van der Waals surface area contributed by atoms with E-state index in [-0.39, 0.29) is 17.5 Å². The Morgan fingerprint density at radius 3 is 2.50 bits per heavy atom. The lowest BCUT2D eigenvalue weighted by molar-refractivity contribution is 0.0745.